The van der Waals surface area contributed by atoms with Gasteiger partial charge in [0.1, 0.15) is 18.1 Å². The number of hydrogen-bond donors (Lipinski definition) is 0. The molecule has 0 bridgehead atoms. The molecular weight excluding hydrogens is 382 g/mol. The number of ether oxygens (including phenoxy) is 1. The lowest BCUT2D eigenvalue weighted by molar-refractivity contribution is -0.119. The first kappa shape index (κ1) is 19.7. The fourth-order valence-corrected chi connectivity index (χ4v) is 4.87. The quantitative estimate of drug-likeness (QED) is 0.571. The molecule has 1 aromatic heterocycles. The molecule has 1 atom stereocenters. The van der Waals surface area contributed by atoms with Crippen molar-refractivity contribution in [2.75, 3.05) is 0 Å². The van der Waals surface area contributed by atoms with Crippen LogP contribution in [-0.2, 0) is 11.4 Å². The molecule has 2 aromatic carbocycles. The second kappa shape index (κ2) is 8.82. The van der Waals surface area contributed by atoms with Gasteiger partial charge < -0.3 is 4.74 Å². The number of aryl methyl sites for hydroxylation is 2. The van der Waals surface area contributed by atoms with Gasteiger partial charge in [-0.2, -0.15) is 0 Å². The van der Waals surface area contributed by atoms with Crippen LogP contribution in [0.1, 0.15) is 42.6 Å². The lowest BCUT2D eigenvalue weighted by atomic mass is 9.99. The SMILES string of the molecule is Cc1cccc(C)c1OCc1nnc(S[C@@H]2CCCCC2=O)n1-c1ccccc1. The molecule has 4 rings (SSSR count). The van der Waals surface area contributed by atoms with Gasteiger partial charge in [-0.1, -0.05) is 54.6 Å². The Morgan fingerprint density at radius 1 is 1.03 bits per heavy atom. The van der Waals surface area contributed by atoms with Gasteiger partial charge in [-0.25, -0.2) is 0 Å². The van der Waals surface area contributed by atoms with Crippen molar-refractivity contribution in [2.45, 2.75) is 56.5 Å². The van der Waals surface area contributed by atoms with Crippen LogP contribution in [0, 0.1) is 13.8 Å². The predicted octanol–water partition coefficient (Wildman–Crippen LogP) is 5.07. The van der Waals surface area contributed by atoms with E-state index in [2.05, 4.69) is 10.2 Å². The molecule has 0 saturated heterocycles. The first-order valence-electron chi connectivity index (χ1n) is 10.0. The summed E-state index contributed by atoms with van der Waals surface area (Å²) in [7, 11) is 0. The van der Waals surface area contributed by atoms with Gasteiger partial charge in [0, 0.05) is 12.1 Å². The Labute approximate surface area is 175 Å². The number of ketones is 1. The predicted molar refractivity (Wildman–Crippen MR) is 115 cm³/mol. The molecule has 0 N–H and O–H groups in total. The number of Topliss-reactive ketones (excluding diaryl/α,β-unsaturated/α-hetero) is 1. The average Bonchev–Trinajstić information content (AvgIpc) is 3.12. The Morgan fingerprint density at radius 3 is 2.52 bits per heavy atom. The molecule has 5 nitrogen and oxygen atoms in total. The van der Waals surface area contributed by atoms with E-state index in [4.69, 9.17) is 4.74 Å². The third kappa shape index (κ3) is 4.37. The maximum atomic E-state index is 12.3. The van der Waals surface area contributed by atoms with E-state index in [1.54, 1.807) is 0 Å². The van der Waals surface area contributed by atoms with E-state index in [0.717, 1.165) is 52.8 Å². The summed E-state index contributed by atoms with van der Waals surface area (Å²) in [6.07, 6.45) is 3.65. The van der Waals surface area contributed by atoms with E-state index in [-0.39, 0.29) is 5.25 Å². The van der Waals surface area contributed by atoms with Crippen LogP contribution >= 0.6 is 11.8 Å². The number of carbonyl (C=O) groups excluding carboxylic acids is 1. The van der Waals surface area contributed by atoms with Gasteiger partial charge in [-0.3, -0.25) is 9.36 Å². The van der Waals surface area contributed by atoms with Crippen molar-refractivity contribution in [1.82, 2.24) is 14.8 Å². The highest BCUT2D eigenvalue weighted by molar-refractivity contribution is 8.00. The van der Waals surface area contributed by atoms with Gasteiger partial charge in [0.25, 0.3) is 0 Å². The highest BCUT2D eigenvalue weighted by Crippen LogP contribution is 2.33. The molecule has 1 saturated carbocycles. The van der Waals surface area contributed by atoms with Crippen LogP contribution in [0.4, 0.5) is 0 Å². The fraction of sp³-hybridized carbons (Fsp3) is 0.348. The van der Waals surface area contributed by atoms with E-state index < -0.39 is 0 Å². The number of nitrogens with zero attached hydrogens (tertiary/aromatic N) is 3. The van der Waals surface area contributed by atoms with Crippen molar-refractivity contribution in [2.24, 2.45) is 0 Å². The maximum absolute atomic E-state index is 12.3. The van der Waals surface area contributed by atoms with Crippen LogP contribution in [0.3, 0.4) is 0 Å². The van der Waals surface area contributed by atoms with Crippen LogP contribution in [0.25, 0.3) is 5.69 Å². The molecule has 3 aromatic rings. The molecular formula is C23H25N3O2S. The van der Waals surface area contributed by atoms with Crippen LogP contribution in [-0.4, -0.2) is 25.8 Å². The minimum absolute atomic E-state index is 0.0391. The average molecular weight is 408 g/mol. The molecule has 0 spiro atoms. The zero-order chi connectivity index (χ0) is 20.2. The Balaban J connectivity index is 1.63. The van der Waals surface area contributed by atoms with Gasteiger partial charge in [-0.05, 0) is 49.9 Å². The second-order valence-electron chi connectivity index (χ2n) is 7.40. The smallest absolute Gasteiger partial charge is 0.196 e. The van der Waals surface area contributed by atoms with E-state index in [1.807, 2.05) is 66.9 Å². The lowest BCUT2D eigenvalue weighted by Crippen LogP contribution is -2.22. The minimum Gasteiger partial charge on any atom is -0.485 e. The van der Waals surface area contributed by atoms with Gasteiger partial charge in [0.05, 0.1) is 5.25 Å². The molecule has 0 unspecified atom stereocenters. The van der Waals surface area contributed by atoms with Crippen LogP contribution in [0.5, 0.6) is 5.75 Å². The summed E-state index contributed by atoms with van der Waals surface area (Å²) in [5.74, 6) is 1.92. The number of thioether (sulfide) groups is 1. The molecule has 6 heteroatoms. The number of benzene rings is 2. The van der Waals surface area contributed by atoms with Crippen LogP contribution in [0.2, 0.25) is 0 Å². The van der Waals surface area contributed by atoms with Gasteiger partial charge in [-0.15, -0.1) is 10.2 Å². The molecule has 150 valence electrons. The summed E-state index contributed by atoms with van der Waals surface area (Å²) in [6.45, 7) is 4.40. The summed E-state index contributed by atoms with van der Waals surface area (Å²) < 4.78 is 8.15. The molecule has 1 heterocycles. The van der Waals surface area contributed by atoms with Crippen molar-refractivity contribution in [3.8, 4) is 11.4 Å². The van der Waals surface area contributed by atoms with E-state index in [0.29, 0.717) is 18.8 Å². The standard InChI is InChI=1S/C23H25N3O2S/c1-16-9-8-10-17(2)22(16)28-15-21-24-25-23(26(21)18-11-4-3-5-12-18)29-20-14-7-6-13-19(20)27/h3-5,8-12,20H,6-7,13-15H2,1-2H3/t20-/m1/s1. The minimum atomic E-state index is -0.0391. The van der Waals surface area contributed by atoms with Crippen molar-refractivity contribution in [3.63, 3.8) is 0 Å². The Hall–Kier alpha value is -2.60. The molecule has 1 fully saturated rings. The highest BCUT2D eigenvalue weighted by Gasteiger charge is 2.26. The molecule has 0 radical (unpaired) electrons. The monoisotopic (exact) mass is 407 g/mol. The number of hydrogen-bond acceptors (Lipinski definition) is 5. The molecule has 0 aliphatic heterocycles. The van der Waals surface area contributed by atoms with E-state index >= 15 is 0 Å². The fourth-order valence-electron chi connectivity index (χ4n) is 3.67. The van der Waals surface area contributed by atoms with Crippen molar-refractivity contribution < 1.29 is 9.53 Å². The van der Waals surface area contributed by atoms with Gasteiger partial charge in [0.15, 0.2) is 11.0 Å². The highest BCUT2D eigenvalue weighted by atomic mass is 32.2. The zero-order valence-corrected chi connectivity index (χ0v) is 17.6. The molecule has 0 amide bonds. The second-order valence-corrected chi connectivity index (χ2v) is 8.57. The van der Waals surface area contributed by atoms with E-state index in [1.165, 1.54) is 11.8 Å². The zero-order valence-electron chi connectivity index (χ0n) is 16.8. The normalized spacial score (nSPS) is 16.8. The topological polar surface area (TPSA) is 57.0 Å². The largest absolute Gasteiger partial charge is 0.485 e. The lowest BCUT2D eigenvalue weighted by Gasteiger charge is -2.20. The molecule has 1 aliphatic rings. The first-order chi connectivity index (χ1) is 14.1. The Kier molecular flexibility index (Phi) is 6.00. The first-order valence-corrected chi connectivity index (χ1v) is 10.9. The summed E-state index contributed by atoms with van der Waals surface area (Å²) in [5, 5.41) is 9.54. The van der Waals surface area contributed by atoms with Crippen molar-refractivity contribution >= 4 is 17.5 Å². The number of aromatic nitrogens is 3. The summed E-state index contributed by atoms with van der Waals surface area (Å²) in [4.78, 5) is 12.3. The third-order valence-electron chi connectivity index (χ3n) is 5.22. The number of carbonyl (C=O) groups is 1. The van der Waals surface area contributed by atoms with Gasteiger partial charge >= 0.3 is 0 Å². The summed E-state index contributed by atoms with van der Waals surface area (Å²) in [6, 6.07) is 16.1. The molecule has 29 heavy (non-hydrogen) atoms. The third-order valence-corrected chi connectivity index (χ3v) is 6.47. The Bertz CT molecular complexity index is 980. The maximum Gasteiger partial charge on any atom is 0.196 e. The Morgan fingerprint density at radius 2 is 1.79 bits per heavy atom. The van der Waals surface area contributed by atoms with Crippen LogP contribution in [0.15, 0.2) is 53.7 Å². The number of rotatable bonds is 6. The summed E-state index contributed by atoms with van der Waals surface area (Å²) >= 11 is 1.53. The molecule has 1 aliphatic carbocycles. The van der Waals surface area contributed by atoms with Crippen molar-refractivity contribution in [3.05, 3.63) is 65.5 Å². The number of para-hydroxylation sites is 2. The van der Waals surface area contributed by atoms with Crippen molar-refractivity contribution in [1.29, 1.82) is 0 Å². The van der Waals surface area contributed by atoms with Gasteiger partial charge in [0.2, 0.25) is 0 Å². The summed E-state index contributed by atoms with van der Waals surface area (Å²) in [5.41, 5.74) is 3.17. The van der Waals surface area contributed by atoms with Crippen LogP contribution < -0.4 is 4.74 Å². The van der Waals surface area contributed by atoms with E-state index in [9.17, 15) is 4.79 Å².